The number of para-hydroxylation sites is 1. The van der Waals surface area contributed by atoms with Crippen LogP contribution in [0, 0.1) is 0 Å². The zero-order valence-electron chi connectivity index (χ0n) is 12.4. The lowest BCUT2D eigenvalue weighted by Crippen LogP contribution is -2.20. The minimum atomic E-state index is -0.656. The van der Waals surface area contributed by atoms with Crippen LogP contribution >= 0.6 is 0 Å². The van der Waals surface area contributed by atoms with Gasteiger partial charge >= 0.3 is 6.03 Å². The molecule has 2 amide bonds. The second-order valence-electron chi connectivity index (χ2n) is 5.69. The summed E-state index contributed by atoms with van der Waals surface area (Å²) in [5, 5.41) is 2.50. The molecule has 5 heteroatoms. The number of primary amides is 1. The first-order valence-corrected chi connectivity index (χ1v) is 6.67. The smallest absolute Gasteiger partial charge is 0.316 e. The van der Waals surface area contributed by atoms with Gasteiger partial charge in [0.15, 0.2) is 0 Å². The topological polar surface area (TPSA) is 77.2 Å². The summed E-state index contributed by atoms with van der Waals surface area (Å²) in [7, 11) is 0. The van der Waals surface area contributed by atoms with Gasteiger partial charge in [-0.25, -0.2) is 9.78 Å². The number of benzene rings is 1. The molecule has 21 heavy (non-hydrogen) atoms. The normalized spacial score (nSPS) is 11.0. The quantitative estimate of drug-likeness (QED) is 0.903. The molecule has 5 nitrogen and oxygen atoms in total. The number of nitrogens with zero attached hydrogens (tertiary/aromatic N) is 1. The molecule has 0 atom stereocenters. The summed E-state index contributed by atoms with van der Waals surface area (Å²) in [5.41, 5.74) is 6.58. The van der Waals surface area contributed by atoms with E-state index < -0.39 is 6.03 Å². The van der Waals surface area contributed by atoms with E-state index in [-0.39, 0.29) is 5.41 Å². The summed E-state index contributed by atoms with van der Waals surface area (Å²) in [6, 6.07) is 10.5. The van der Waals surface area contributed by atoms with Crippen LogP contribution in [0.25, 0.3) is 0 Å². The number of hydrogen-bond acceptors (Lipinski definition) is 3. The van der Waals surface area contributed by atoms with Gasteiger partial charge in [0.1, 0.15) is 11.4 Å². The van der Waals surface area contributed by atoms with Gasteiger partial charge in [0.2, 0.25) is 5.88 Å². The van der Waals surface area contributed by atoms with Crippen LogP contribution in [-0.2, 0) is 5.41 Å². The number of nitrogens with two attached hydrogens (primary N) is 1. The van der Waals surface area contributed by atoms with Gasteiger partial charge in [-0.2, -0.15) is 0 Å². The fraction of sp³-hybridized carbons (Fsp3) is 0.250. The minimum Gasteiger partial charge on any atom is -0.437 e. The van der Waals surface area contributed by atoms with Gasteiger partial charge in [-0.3, -0.25) is 0 Å². The van der Waals surface area contributed by atoms with Crippen molar-refractivity contribution in [3.05, 3.63) is 48.2 Å². The number of anilines is 1. The molecule has 0 saturated carbocycles. The number of pyridine rings is 1. The third-order valence-corrected chi connectivity index (χ3v) is 2.93. The number of carbonyl (C=O) groups excluding carboxylic acids is 1. The summed E-state index contributed by atoms with van der Waals surface area (Å²) in [4.78, 5) is 15.2. The Morgan fingerprint density at radius 3 is 2.57 bits per heavy atom. The van der Waals surface area contributed by atoms with Gasteiger partial charge in [0, 0.05) is 11.8 Å². The molecule has 0 unspecified atom stereocenters. The van der Waals surface area contributed by atoms with Gasteiger partial charge in [-0.15, -0.1) is 0 Å². The van der Waals surface area contributed by atoms with Crippen molar-refractivity contribution in [2.24, 2.45) is 5.73 Å². The fourth-order valence-electron chi connectivity index (χ4n) is 1.98. The molecule has 1 aromatic heterocycles. The number of carbonyl (C=O) groups is 1. The largest absolute Gasteiger partial charge is 0.437 e. The number of amides is 2. The first-order valence-electron chi connectivity index (χ1n) is 6.67. The van der Waals surface area contributed by atoms with Gasteiger partial charge in [-0.1, -0.05) is 39.0 Å². The molecule has 0 aliphatic carbocycles. The maximum atomic E-state index is 11.0. The van der Waals surface area contributed by atoms with Gasteiger partial charge in [-0.05, 0) is 23.6 Å². The van der Waals surface area contributed by atoms with E-state index in [1.165, 1.54) is 0 Å². The third kappa shape index (κ3) is 3.72. The molecule has 2 aromatic rings. The van der Waals surface area contributed by atoms with E-state index in [0.29, 0.717) is 17.3 Å². The van der Waals surface area contributed by atoms with Crippen LogP contribution in [0.4, 0.5) is 10.5 Å². The number of nitrogens with one attached hydrogen (secondary N) is 1. The average molecular weight is 285 g/mol. The molecule has 0 aliphatic rings. The van der Waals surface area contributed by atoms with Crippen molar-refractivity contribution in [3.8, 4) is 11.6 Å². The highest BCUT2D eigenvalue weighted by Crippen LogP contribution is 2.35. The minimum absolute atomic E-state index is 0.0668. The number of rotatable bonds is 3. The molecule has 0 spiro atoms. The van der Waals surface area contributed by atoms with Gasteiger partial charge in [0.05, 0.1) is 0 Å². The maximum Gasteiger partial charge on any atom is 0.316 e. The monoisotopic (exact) mass is 285 g/mol. The second kappa shape index (κ2) is 5.83. The predicted octanol–water partition coefficient (Wildman–Crippen LogP) is 3.66. The van der Waals surface area contributed by atoms with Crippen LogP contribution in [0.2, 0.25) is 0 Å². The molecule has 0 bridgehead atoms. The molecular formula is C16H19N3O2. The first-order chi connectivity index (χ1) is 9.88. The molecule has 0 radical (unpaired) electrons. The number of aromatic nitrogens is 1. The summed E-state index contributed by atoms with van der Waals surface area (Å²) in [6.45, 7) is 6.32. The highest BCUT2D eigenvalue weighted by Gasteiger charge is 2.19. The Bertz CT molecular complexity index is 648. The van der Waals surface area contributed by atoms with E-state index in [1.54, 1.807) is 18.3 Å². The van der Waals surface area contributed by atoms with E-state index >= 15 is 0 Å². The zero-order valence-corrected chi connectivity index (χ0v) is 12.4. The summed E-state index contributed by atoms with van der Waals surface area (Å²) in [6.07, 6.45) is 1.60. The van der Waals surface area contributed by atoms with E-state index in [9.17, 15) is 4.79 Å². The van der Waals surface area contributed by atoms with Crippen LogP contribution < -0.4 is 15.8 Å². The summed E-state index contributed by atoms with van der Waals surface area (Å²) in [5.74, 6) is 1.02. The lowest BCUT2D eigenvalue weighted by molar-refractivity contribution is 0.259. The highest BCUT2D eigenvalue weighted by atomic mass is 16.5. The predicted molar refractivity (Wildman–Crippen MR) is 82.7 cm³/mol. The van der Waals surface area contributed by atoms with Crippen molar-refractivity contribution in [1.29, 1.82) is 0 Å². The standard InChI is InChI=1S/C16H19N3O2/c1-16(2,3)11-7-4-5-9-13(11)21-14-12(19-15(17)20)8-6-10-18-14/h4-10H,1-3H3,(H3,17,19,20). The molecule has 0 fully saturated rings. The molecular weight excluding hydrogens is 266 g/mol. The SMILES string of the molecule is CC(C)(C)c1ccccc1Oc1ncccc1NC(N)=O. The Hall–Kier alpha value is -2.56. The van der Waals surface area contributed by atoms with Crippen LogP contribution in [0.3, 0.4) is 0 Å². The van der Waals surface area contributed by atoms with Crippen LogP contribution in [0.5, 0.6) is 11.6 Å². The van der Waals surface area contributed by atoms with Crippen molar-refractivity contribution in [2.45, 2.75) is 26.2 Å². The lowest BCUT2D eigenvalue weighted by atomic mass is 9.86. The Balaban J connectivity index is 2.38. The number of hydrogen-bond donors (Lipinski definition) is 2. The van der Waals surface area contributed by atoms with Crippen LogP contribution in [0.1, 0.15) is 26.3 Å². The lowest BCUT2D eigenvalue weighted by Gasteiger charge is -2.22. The Morgan fingerprint density at radius 1 is 1.19 bits per heavy atom. The van der Waals surface area contributed by atoms with Gasteiger partial charge in [0.25, 0.3) is 0 Å². The molecule has 2 rings (SSSR count). The van der Waals surface area contributed by atoms with Crippen molar-refractivity contribution in [2.75, 3.05) is 5.32 Å². The third-order valence-electron chi connectivity index (χ3n) is 2.93. The van der Waals surface area contributed by atoms with Crippen molar-refractivity contribution in [1.82, 2.24) is 4.98 Å². The Morgan fingerprint density at radius 2 is 1.90 bits per heavy atom. The Labute approximate surface area is 124 Å². The molecule has 0 saturated heterocycles. The summed E-state index contributed by atoms with van der Waals surface area (Å²) < 4.78 is 5.89. The zero-order chi connectivity index (χ0) is 15.5. The summed E-state index contributed by atoms with van der Waals surface area (Å²) >= 11 is 0. The van der Waals surface area contributed by atoms with Crippen LogP contribution in [-0.4, -0.2) is 11.0 Å². The highest BCUT2D eigenvalue weighted by molar-refractivity contribution is 5.89. The number of urea groups is 1. The van der Waals surface area contributed by atoms with E-state index in [0.717, 1.165) is 5.56 Å². The molecule has 110 valence electrons. The molecule has 1 aromatic carbocycles. The van der Waals surface area contributed by atoms with Crippen molar-refractivity contribution >= 4 is 11.7 Å². The maximum absolute atomic E-state index is 11.0. The molecule has 3 N–H and O–H groups in total. The molecule has 0 aliphatic heterocycles. The second-order valence-corrected chi connectivity index (χ2v) is 5.69. The fourth-order valence-corrected chi connectivity index (χ4v) is 1.98. The number of ether oxygens (including phenoxy) is 1. The Kier molecular flexibility index (Phi) is 4.12. The van der Waals surface area contributed by atoms with E-state index in [2.05, 4.69) is 31.1 Å². The van der Waals surface area contributed by atoms with E-state index in [1.807, 2.05) is 24.3 Å². The van der Waals surface area contributed by atoms with Gasteiger partial charge < -0.3 is 15.8 Å². The average Bonchev–Trinajstić information content (AvgIpc) is 2.40. The van der Waals surface area contributed by atoms with E-state index in [4.69, 9.17) is 10.5 Å². The first kappa shape index (κ1) is 14.8. The molecule has 1 heterocycles. The van der Waals surface area contributed by atoms with Crippen molar-refractivity contribution in [3.63, 3.8) is 0 Å². The van der Waals surface area contributed by atoms with Crippen molar-refractivity contribution < 1.29 is 9.53 Å². The van der Waals surface area contributed by atoms with Crippen LogP contribution in [0.15, 0.2) is 42.6 Å².